The van der Waals surface area contributed by atoms with Crippen LogP contribution in [-0.4, -0.2) is 9.55 Å². The van der Waals surface area contributed by atoms with Gasteiger partial charge in [-0.2, -0.15) is 0 Å². The highest BCUT2D eigenvalue weighted by atomic mass is 35.5. The largest absolute Gasteiger partial charge is 0.297 e. The molecule has 2 heterocycles. The van der Waals surface area contributed by atoms with E-state index in [9.17, 15) is 0 Å². The standard InChI is InChI=1S/C16H14Cl2N2/c1-9-4-6-13-10(2)11(3)20(16(13)19-9)15-7-5-12(17)8-14(15)18/h4-8H,1-3H3. The predicted molar refractivity (Wildman–Crippen MR) is 85.3 cm³/mol. The van der Waals surface area contributed by atoms with Crippen molar-refractivity contribution in [3.05, 3.63) is 57.3 Å². The van der Waals surface area contributed by atoms with Gasteiger partial charge in [0.25, 0.3) is 0 Å². The van der Waals surface area contributed by atoms with Crippen LogP contribution in [0.3, 0.4) is 0 Å². The summed E-state index contributed by atoms with van der Waals surface area (Å²) in [7, 11) is 0. The molecule has 1 aromatic carbocycles. The Bertz CT molecular complexity index is 819. The minimum atomic E-state index is 0.626. The van der Waals surface area contributed by atoms with Crippen LogP contribution >= 0.6 is 23.2 Å². The maximum atomic E-state index is 6.35. The van der Waals surface area contributed by atoms with Crippen molar-refractivity contribution in [1.29, 1.82) is 0 Å². The Balaban J connectivity index is 2.41. The van der Waals surface area contributed by atoms with Crippen LogP contribution in [0.5, 0.6) is 0 Å². The zero-order chi connectivity index (χ0) is 14.4. The molecule has 0 N–H and O–H groups in total. The molecule has 102 valence electrons. The molecule has 0 unspecified atom stereocenters. The number of hydrogen-bond acceptors (Lipinski definition) is 1. The summed E-state index contributed by atoms with van der Waals surface area (Å²) in [6, 6.07) is 9.68. The number of benzene rings is 1. The molecule has 2 aromatic heterocycles. The molecular weight excluding hydrogens is 291 g/mol. The van der Waals surface area contributed by atoms with E-state index in [4.69, 9.17) is 23.2 Å². The molecule has 3 rings (SSSR count). The van der Waals surface area contributed by atoms with Gasteiger partial charge in [-0.15, -0.1) is 0 Å². The quantitative estimate of drug-likeness (QED) is 0.600. The maximum absolute atomic E-state index is 6.35. The average molecular weight is 305 g/mol. The zero-order valence-corrected chi connectivity index (χ0v) is 13.0. The first-order chi connectivity index (χ1) is 9.49. The molecule has 0 atom stereocenters. The lowest BCUT2D eigenvalue weighted by atomic mass is 10.2. The monoisotopic (exact) mass is 304 g/mol. The van der Waals surface area contributed by atoms with Gasteiger partial charge in [0.2, 0.25) is 0 Å². The Morgan fingerprint density at radius 1 is 1.00 bits per heavy atom. The van der Waals surface area contributed by atoms with E-state index in [-0.39, 0.29) is 0 Å². The summed E-state index contributed by atoms with van der Waals surface area (Å²) in [4.78, 5) is 4.67. The van der Waals surface area contributed by atoms with Crippen LogP contribution in [0.25, 0.3) is 16.7 Å². The first-order valence-corrected chi connectivity index (χ1v) is 7.15. The highest BCUT2D eigenvalue weighted by Gasteiger charge is 2.15. The minimum absolute atomic E-state index is 0.626. The van der Waals surface area contributed by atoms with E-state index in [1.165, 1.54) is 5.56 Å². The molecule has 3 aromatic rings. The smallest absolute Gasteiger partial charge is 0.145 e. The fourth-order valence-electron chi connectivity index (χ4n) is 2.48. The first kappa shape index (κ1) is 13.5. The fourth-order valence-corrected chi connectivity index (χ4v) is 2.98. The summed E-state index contributed by atoms with van der Waals surface area (Å²) < 4.78 is 2.09. The fraction of sp³-hybridized carbons (Fsp3) is 0.188. The second-order valence-corrected chi connectivity index (χ2v) is 5.81. The zero-order valence-electron chi connectivity index (χ0n) is 11.5. The maximum Gasteiger partial charge on any atom is 0.145 e. The van der Waals surface area contributed by atoms with E-state index in [2.05, 4.69) is 29.5 Å². The molecule has 0 radical (unpaired) electrons. The third kappa shape index (κ3) is 2.00. The van der Waals surface area contributed by atoms with Crippen LogP contribution in [0.2, 0.25) is 10.0 Å². The lowest BCUT2D eigenvalue weighted by Gasteiger charge is -2.10. The molecule has 0 aliphatic carbocycles. The number of aromatic nitrogens is 2. The van der Waals surface area contributed by atoms with E-state index >= 15 is 0 Å². The van der Waals surface area contributed by atoms with Gasteiger partial charge < -0.3 is 0 Å². The normalized spacial score (nSPS) is 11.2. The summed E-state index contributed by atoms with van der Waals surface area (Å²) in [5.74, 6) is 0. The van der Waals surface area contributed by atoms with Crippen LogP contribution in [0, 0.1) is 20.8 Å². The number of rotatable bonds is 1. The number of pyridine rings is 1. The molecule has 0 bridgehead atoms. The van der Waals surface area contributed by atoms with Crippen LogP contribution < -0.4 is 0 Å². The molecule has 0 aliphatic heterocycles. The van der Waals surface area contributed by atoms with Crippen LogP contribution in [0.15, 0.2) is 30.3 Å². The molecular formula is C16H14Cl2N2. The van der Waals surface area contributed by atoms with Crippen molar-refractivity contribution in [2.24, 2.45) is 0 Å². The van der Waals surface area contributed by atoms with Gasteiger partial charge in [-0.3, -0.25) is 4.57 Å². The summed E-state index contributed by atoms with van der Waals surface area (Å²) in [5, 5.41) is 2.41. The van der Waals surface area contributed by atoms with E-state index < -0.39 is 0 Å². The van der Waals surface area contributed by atoms with E-state index in [0.29, 0.717) is 10.0 Å². The number of hydrogen-bond donors (Lipinski definition) is 0. The van der Waals surface area contributed by atoms with Gasteiger partial charge in [0.05, 0.1) is 10.7 Å². The molecule has 0 saturated heterocycles. The Morgan fingerprint density at radius 3 is 2.45 bits per heavy atom. The van der Waals surface area contributed by atoms with Gasteiger partial charge in [0.15, 0.2) is 0 Å². The Morgan fingerprint density at radius 2 is 1.75 bits per heavy atom. The lowest BCUT2D eigenvalue weighted by molar-refractivity contribution is 1.01. The summed E-state index contributed by atoms with van der Waals surface area (Å²) in [6.07, 6.45) is 0. The van der Waals surface area contributed by atoms with Gasteiger partial charge in [-0.25, -0.2) is 4.98 Å². The van der Waals surface area contributed by atoms with Gasteiger partial charge in [-0.1, -0.05) is 23.2 Å². The van der Waals surface area contributed by atoms with E-state index in [1.54, 1.807) is 6.07 Å². The molecule has 0 saturated carbocycles. The molecule has 20 heavy (non-hydrogen) atoms. The van der Waals surface area contributed by atoms with Crippen molar-refractivity contribution in [3.63, 3.8) is 0 Å². The Labute approximate surface area is 128 Å². The minimum Gasteiger partial charge on any atom is -0.297 e. The number of fused-ring (bicyclic) bond motifs is 1. The third-order valence-electron chi connectivity index (χ3n) is 3.66. The van der Waals surface area contributed by atoms with Gasteiger partial charge in [0.1, 0.15) is 5.65 Å². The second-order valence-electron chi connectivity index (χ2n) is 4.97. The SMILES string of the molecule is Cc1ccc2c(C)c(C)n(-c3ccc(Cl)cc3Cl)c2n1. The molecule has 4 heteroatoms. The van der Waals surface area contributed by atoms with Crippen molar-refractivity contribution in [2.45, 2.75) is 20.8 Å². The summed E-state index contributed by atoms with van der Waals surface area (Å²) in [6.45, 7) is 6.18. The lowest BCUT2D eigenvalue weighted by Crippen LogP contribution is -1.99. The van der Waals surface area contributed by atoms with Gasteiger partial charge >= 0.3 is 0 Å². The van der Waals surface area contributed by atoms with Gasteiger partial charge in [0, 0.05) is 21.8 Å². The summed E-state index contributed by atoms with van der Waals surface area (Å²) >= 11 is 12.3. The van der Waals surface area contributed by atoms with Crippen LogP contribution in [0.4, 0.5) is 0 Å². The highest BCUT2D eigenvalue weighted by Crippen LogP contribution is 2.32. The number of nitrogens with zero attached hydrogens (tertiary/aromatic N) is 2. The van der Waals surface area contributed by atoms with Crippen LogP contribution in [0.1, 0.15) is 17.0 Å². The topological polar surface area (TPSA) is 17.8 Å². The van der Waals surface area contributed by atoms with Crippen molar-refractivity contribution >= 4 is 34.2 Å². The molecule has 0 fully saturated rings. The Hall–Kier alpha value is -1.51. The third-order valence-corrected chi connectivity index (χ3v) is 4.20. The molecule has 0 aliphatic rings. The van der Waals surface area contributed by atoms with Crippen molar-refractivity contribution in [1.82, 2.24) is 9.55 Å². The van der Waals surface area contributed by atoms with E-state index in [0.717, 1.165) is 28.1 Å². The second kappa shape index (κ2) is 4.80. The van der Waals surface area contributed by atoms with Crippen LogP contribution in [-0.2, 0) is 0 Å². The van der Waals surface area contributed by atoms with E-state index in [1.807, 2.05) is 25.1 Å². The molecule has 0 spiro atoms. The average Bonchev–Trinajstić information content (AvgIpc) is 2.63. The first-order valence-electron chi connectivity index (χ1n) is 6.39. The van der Waals surface area contributed by atoms with Gasteiger partial charge in [-0.05, 0) is 56.7 Å². The molecule has 0 amide bonds. The predicted octanol–water partition coefficient (Wildman–Crippen LogP) is 5.26. The highest BCUT2D eigenvalue weighted by molar-refractivity contribution is 6.35. The Kier molecular flexibility index (Phi) is 3.23. The molecule has 2 nitrogen and oxygen atoms in total. The van der Waals surface area contributed by atoms with Crippen molar-refractivity contribution < 1.29 is 0 Å². The van der Waals surface area contributed by atoms with Crippen molar-refractivity contribution in [2.75, 3.05) is 0 Å². The summed E-state index contributed by atoms with van der Waals surface area (Å²) in [5.41, 5.74) is 5.19. The number of aryl methyl sites for hydroxylation is 2. The van der Waals surface area contributed by atoms with Crippen molar-refractivity contribution in [3.8, 4) is 5.69 Å². The number of halogens is 2.